The lowest BCUT2D eigenvalue weighted by atomic mass is 10.1. The molecular formula is C26H28F3N7O3. The Balaban J connectivity index is 1.81. The molecule has 0 amide bonds. The molecule has 0 aliphatic rings. The molecule has 39 heavy (non-hydrogen) atoms. The van der Waals surface area contributed by atoms with E-state index in [1.807, 2.05) is 19.0 Å². The lowest BCUT2D eigenvalue weighted by molar-refractivity contribution is -0.384. The highest BCUT2D eigenvalue weighted by molar-refractivity contribution is 5.96. The van der Waals surface area contributed by atoms with Gasteiger partial charge in [0.25, 0.3) is 5.69 Å². The van der Waals surface area contributed by atoms with Gasteiger partial charge in [0.1, 0.15) is 17.0 Å². The second kappa shape index (κ2) is 10.8. The molecular weight excluding hydrogens is 515 g/mol. The molecule has 2 heterocycles. The summed E-state index contributed by atoms with van der Waals surface area (Å²) in [6.07, 6.45) is -2.42. The van der Waals surface area contributed by atoms with Crippen LogP contribution in [0.5, 0.6) is 5.75 Å². The van der Waals surface area contributed by atoms with E-state index >= 15 is 0 Å². The number of rotatable bonds is 9. The number of benzene rings is 2. The number of hydrogen-bond donors (Lipinski definition) is 1. The van der Waals surface area contributed by atoms with Crippen LogP contribution in [0.4, 0.5) is 36.2 Å². The minimum atomic E-state index is -4.71. The Labute approximate surface area is 222 Å². The third kappa shape index (κ3) is 5.72. The molecule has 4 aromatic rings. The van der Waals surface area contributed by atoms with Crippen LogP contribution in [0.3, 0.4) is 0 Å². The zero-order valence-corrected chi connectivity index (χ0v) is 22.1. The summed E-state index contributed by atoms with van der Waals surface area (Å²) in [7, 11) is 8.65. The SMILES string of the molecule is COc1cc(N(C)CCN(C)C)c([N+](=O)[O-])cc1Nc1ncc(C(F)(F)F)c(-c2cn(C)c3ccccc23)n1. The Hall–Kier alpha value is -4.39. The first-order chi connectivity index (χ1) is 18.4. The fourth-order valence-corrected chi connectivity index (χ4v) is 4.25. The summed E-state index contributed by atoms with van der Waals surface area (Å²) < 4.78 is 49.1. The quantitative estimate of drug-likeness (QED) is 0.224. The predicted octanol–water partition coefficient (Wildman–Crippen LogP) is 5.31. The third-order valence-electron chi connectivity index (χ3n) is 6.28. The number of nitrogens with one attached hydrogen (secondary N) is 1. The number of nitro groups is 1. The zero-order valence-electron chi connectivity index (χ0n) is 22.1. The first kappa shape index (κ1) is 27.6. The largest absolute Gasteiger partial charge is 0.494 e. The van der Waals surface area contributed by atoms with E-state index in [0.717, 1.165) is 5.52 Å². The van der Waals surface area contributed by atoms with Gasteiger partial charge in [-0.15, -0.1) is 0 Å². The van der Waals surface area contributed by atoms with Gasteiger partial charge in [-0.1, -0.05) is 18.2 Å². The predicted molar refractivity (Wildman–Crippen MR) is 144 cm³/mol. The number of para-hydroxylation sites is 1. The van der Waals surface area contributed by atoms with Crippen molar-refractivity contribution in [2.75, 3.05) is 51.6 Å². The van der Waals surface area contributed by atoms with Crippen LogP contribution in [0.2, 0.25) is 0 Å². The third-order valence-corrected chi connectivity index (χ3v) is 6.28. The number of anilines is 3. The Morgan fingerprint density at radius 1 is 1.15 bits per heavy atom. The van der Waals surface area contributed by atoms with E-state index in [1.165, 1.54) is 19.2 Å². The maximum atomic E-state index is 14.0. The summed E-state index contributed by atoms with van der Waals surface area (Å²) in [6, 6.07) is 9.82. The van der Waals surface area contributed by atoms with Gasteiger partial charge in [0, 0.05) is 68.2 Å². The molecule has 10 nitrogen and oxygen atoms in total. The van der Waals surface area contributed by atoms with E-state index < -0.39 is 16.7 Å². The summed E-state index contributed by atoms with van der Waals surface area (Å²) in [6.45, 7) is 1.17. The summed E-state index contributed by atoms with van der Waals surface area (Å²) in [5, 5.41) is 15.3. The number of nitro benzene ring substituents is 1. The van der Waals surface area contributed by atoms with Gasteiger partial charge in [0.2, 0.25) is 5.95 Å². The second-order valence-electron chi connectivity index (χ2n) is 9.27. The normalized spacial score (nSPS) is 11.7. The molecule has 1 N–H and O–H groups in total. The number of ether oxygens (including phenoxy) is 1. The van der Waals surface area contributed by atoms with Gasteiger partial charge < -0.3 is 24.4 Å². The molecule has 0 bridgehead atoms. The topological polar surface area (TPSA) is 102 Å². The van der Waals surface area contributed by atoms with Crippen molar-refractivity contribution in [3.8, 4) is 17.0 Å². The highest BCUT2D eigenvalue weighted by Gasteiger charge is 2.36. The Morgan fingerprint density at radius 3 is 2.51 bits per heavy atom. The summed E-state index contributed by atoms with van der Waals surface area (Å²) in [5.74, 6) is 0.0646. The number of methoxy groups -OCH3 is 1. The highest BCUT2D eigenvalue weighted by atomic mass is 19.4. The molecule has 0 unspecified atom stereocenters. The van der Waals surface area contributed by atoms with Crippen molar-refractivity contribution in [3.05, 3.63) is 64.5 Å². The van der Waals surface area contributed by atoms with Crippen LogP contribution in [0.15, 0.2) is 48.8 Å². The number of hydrogen-bond acceptors (Lipinski definition) is 8. The molecule has 4 rings (SSSR count). The smallest absolute Gasteiger partial charge is 0.419 e. The van der Waals surface area contributed by atoms with Gasteiger partial charge in [0.05, 0.1) is 23.4 Å². The van der Waals surface area contributed by atoms with E-state index in [-0.39, 0.29) is 34.3 Å². The standard InChI is InChI=1S/C26H28F3N7O3/c1-33(2)10-11-34(3)21-13-23(39-5)19(12-22(21)36(37)38)31-25-30-14-18(26(27,28)29)24(32-25)17-15-35(4)20-9-7-6-8-16(17)20/h6-9,12-15H,10-11H2,1-5H3,(H,30,31,32). The number of alkyl halides is 3. The molecule has 0 atom stereocenters. The molecule has 13 heteroatoms. The van der Waals surface area contributed by atoms with Crippen LogP contribution in [-0.2, 0) is 13.2 Å². The minimum absolute atomic E-state index is 0.137. The maximum absolute atomic E-state index is 14.0. The molecule has 0 fully saturated rings. The number of nitrogens with zero attached hydrogens (tertiary/aromatic N) is 6. The second-order valence-corrected chi connectivity index (χ2v) is 9.27. The number of fused-ring (bicyclic) bond motifs is 1. The first-order valence-corrected chi connectivity index (χ1v) is 11.9. The summed E-state index contributed by atoms with van der Waals surface area (Å²) in [4.78, 5) is 23.2. The maximum Gasteiger partial charge on any atom is 0.419 e. The Morgan fingerprint density at radius 2 is 1.87 bits per heavy atom. The van der Waals surface area contributed by atoms with Gasteiger partial charge in [-0.2, -0.15) is 13.2 Å². The van der Waals surface area contributed by atoms with Crippen LogP contribution in [0.25, 0.3) is 22.2 Å². The van der Waals surface area contributed by atoms with Crippen LogP contribution < -0.4 is 15.0 Å². The zero-order chi connectivity index (χ0) is 28.5. The van der Waals surface area contributed by atoms with Crippen molar-refractivity contribution < 1.29 is 22.8 Å². The molecule has 0 spiro atoms. The fourth-order valence-electron chi connectivity index (χ4n) is 4.25. The van der Waals surface area contributed by atoms with Crippen molar-refractivity contribution in [1.82, 2.24) is 19.4 Å². The molecule has 2 aromatic heterocycles. The lowest BCUT2D eigenvalue weighted by Gasteiger charge is -2.23. The van der Waals surface area contributed by atoms with Gasteiger partial charge in [-0.3, -0.25) is 10.1 Å². The van der Waals surface area contributed by atoms with E-state index in [1.54, 1.807) is 54.0 Å². The number of likely N-dealkylation sites (N-methyl/N-ethyl adjacent to an activating group) is 2. The molecule has 0 saturated heterocycles. The van der Waals surface area contributed by atoms with Crippen molar-refractivity contribution in [3.63, 3.8) is 0 Å². The Bertz CT molecular complexity index is 1520. The molecule has 0 saturated carbocycles. The number of halogens is 3. The van der Waals surface area contributed by atoms with Crippen molar-refractivity contribution >= 4 is 33.9 Å². The van der Waals surface area contributed by atoms with E-state index in [0.29, 0.717) is 30.4 Å². The molecule has 206 valence electrons. The van der Waals surface area contributed by atoms with E-state index in [2.05, 4.69) is 15.3 Å². The van der Waals surface area contributed by atoms with Crippen molar-refractivity contribution in [2.24, 2.45) is 7.05 Å². The average molecular weight is 544 g/mol. The van der Waals surface area contributed by atoms with Gasteiger partial charge in [0.15, 0.2) is 0 Å². The first-order valence-electron chi connectivity index (χ1n) is 11.9. The van der Waals surface area contributed by atoms with Crippen molar-refractivity contribution in [1.29, 1.82) is 0 Å². The van der Waals surface area contributed by atoms with Gasteiger partial charge >= 0.3 is 6.18 Å². The monoisotopic (exact) mass is 543 g/mol. The van der Waals surface area contributed by atoms with E-state index in [4.69, 9.17) is 4.74 Å². The average Bonchev–Trinajstić information content (AvgIpc) is 3.22. The molecule has 0 aliphatic carbocycles. The van der Waals surface area contributed by atoms with Crippen LogP contribution in [0, 0.1) is 10.1 Å². The summed E-state index contributed by atoms with van der Waals surface area (Å²) in [5.41, 5.74) is -0.0421. The Kier molecular flexibility index (Phi) is 7.63. The molecule has 0 radical (unpaired) electrons. The van der Waals surface area contributed by atoms with Gasteiger partial charge in [-0.25, -0.2) is 9.97 Å². The summed E-state index contributed by atoms with van der Waals surface area (Å²) >= 11 is 0. The van der Waals surface area contributed by atoms with Crippen LogP contribution in [-0.4, -0.2) is 65.7 Å². The van der Waals surface area contributed by atoms with Crippen molar-refractivity contribution in [2.45, 2.75) is 6.18 Å². The fraction of sp³-hybridized carbons (Fsp3) is 0.308. The lowest BCUT2D eigenvalue weighted by Crippen LogP contribution is -2.29. The molecule has 0 aliphatic heterocycles. The molecule has 2 aromatic carbocycles. The van der Waals surface area contributed by atoms with Gasteiger partial charge in [-0.05, 0) is 20.2 Å². The van der Waals surface area contributed by atoms with Crippen LogP contribution in [0.1, 0.15) is 5.56 Å². The number of aromatic nitrogens is 3. The minimum Gasteiger partial charge on any atom is -0.494 e. The number of aryl methyl sites for hydroxylation is 1. The van der Waals surface area contributed by atoms with Crippen LogP contribution >= 0.6 is 0 Å². The highest BCUT2D eigenvalue weighted by Crippen LogP contribution is 2.41. The van der Waals surface area contributed by atoms with E-state index in [9.17, 15) is 23.3 Å².